The zero-order chi connectivity index (χ0) is 17.5. The van der Waals surface area contributed by atoms with E-state index in [9.17, 15) is 0 Å². The van der Waals surface area contributed by atoms with Gasteiger partial charge in [-0.05, 0) is 42.0 Å². The quantitative estimate of drug-likeness (QED) is 0.742. The van der Waals surface area contributed by atoms with Crippen molar-refractivity contribution in [1.29, 1.82) is 0 Å². The van der Waals surface area contributed by atoms with Crippen LogP contribution in [0.15, 0.2) is 54.6 Å². The summed E-state index contributed by atoms with van der Waals surface area (Å²) in [5.74, 6) is 1.46. The van der Waals surface area contributed by atoms with Crippen LogP contribution in [-0.4, -0.2) is 37.8 Å². The van der Waals surface area contributed by atoms with Crippen LogP contribution in [0.4, 0.5) is 0 Å². The Morgan fingerprint density at radius 1 is 1.16 bits per heavy atom. The maximum absolute atomic E-state index is 5.76. The Kier molecular flexibility index (Phi) is 6.48. The number of benzene rings is 2. The molecule has 2 aromatic rings. The molecule has 0 aromatic heterocycles. The van der Waals surface area contributed by atoms with E-state index < -0.39 is 0 Å². The standard InChI is InChI=1S/C22H29NO2/c1-18(20-9-6-10-22(15-20)24-2)11-12-21-17-25-14-13-23(21)16-19-7-4-3-5-8-19/h3-10,15,18,21H,11-14,16-17H2,1-2H3/t18-,21?/m0/s1. The molecule has 1 heterocycles. The molecule has 3 nitrogen and oxygen atoms in total. The Labute approximate surface area is 151 Å². The molecule has 0 bridgehead atoms. The molecule has 0 amide bonds. The van der Waals surface area contributed by atoms with Crippen molar-refractivity contribution in [3.63, 3.8) is 0 Å². The van der Waals surface area contributed by atoms with Crippen molar-refractivity contribution in [1.82, 2.24) is 4.90 Å². The number of hydrogen-bond donors (Lipinski definition) is 0. The summed E-state index contributed by atoms with van der Waals surface area (Å²) >= 11 is 0. The summed E-state index contributed by atoms with van der Waals surface area (Å²) in [6.45, 7) is 6.03. The van der Waals surface area contributed by atoms with Gasteiger partial charge in [-0.1, -0.05) is 49.4 Å². The van der Waals surface area contributed by atoms with Crippen molar-refractivity contribution in [2.75, 3.05) is 26.9 Å². The van der Waals surface area contributed by atoms with Crippen LogP contribution in [0.25, 0.3) is 0 Å². The molecule has 25 heavy (non-hydrogen) atoms. The molecular weight excluding hydrogens is 310 g/mol. The third-order valence-electron chi connectivity index (χ3n) is 5.17. The number of hydrogen-bond acceptors (Lipinski definition) is 3. The fourth-order valence-electron chi connectivity index (χ4n) is 3.54. The smallest absolute Gasteiger partial charge is 0.119 e. The minimum atomic E-state index is 0.502. The highest BCUT2D eigenvalue weighted by molar-refractivity contribution is 5.30. The predicted octanol–water partition coefficient (Wildman–Crippen LogP) is 4.48. The van der Waals surface area contributed by atoms with Crippen molar-refractivity contribution in [3.05, 3.63) is 65.7 Å². The van der Waals surface area contributed by atoms with Crippen LogP contribution in [-0.2, 0) is 11.3 Å². The van der Waals surface area contributed by atoms with Crippen molar-refractivity contribution in [3.8, 4) is 5.75 Å². The fraction of sp³-hybridized carbons (Fsp3) is 0.455. The highest BCUT2D eigenvalue weighted by Gasteiger charge is 2.23. The molecule has 0 N–H and O–H groups in total. The molecule has 0 spiro atoms. The summed E-state index contributed by atoms with van der Waals surface area (Å²) < 4.78 is 11.1. The van der Waals surface area contributed by atoms with Crippen molar-refractivity contribution >= 4 is 0 Å². The minimum Gasteiger partial charge on any atom is -0.497 e. The minimum absolute atomic E-state index is 0.502. The van der Waals surface area contributed by atoms with E-state index in [0.29, 0.717) is 12.0 Å². The second kappa shape index (κ2) is 9.02. The van der Waals surface area contributed by atoms with Crippen LogP contribution in [0.2, 0.25) is 0 Å². The lowest BCUT2D eigenvalue weighted by Gasteiger charge is -2.36. The van der Waals surface area contributed by atoms with Gasteiger partial charge in [0.15, 0.2) is 0 Å². The Hall–Kier alpha value is -1.84. The lowest BCUT2D eigenvalue weighted by molar-refractivity contribution is -0.0156. The van der Waals surface area contributed by atoms with Gasteiger partial charge in [0, 0.05) is 19.1 Å². The molecule has 0 saturated carbocycles. The van der Waals surface area contributed by atoms with Gasteiger partial charge in [0.05, 0.1) is 20.3 Å². The maximum atomic E-state index is 5.76. The van der Waals surface area contributed by atoms with E-state index in [1.807, 2.05) is 6.07 Å². The van der Waals surface area contributed by atoms with Crippen LogP contribution < -0.4 is 4.74 Å². The van der Waals surface area contributed by atoms with E-state index in [4.69, 9.17) is 9.47 Å². The predicted molar refractivity (Wildman–Crippen MR) is 102 cm³/mol. The van der Waals surface area contributed by atoms with Gasteiger partial charge in [-0.25, -0.2) is 0 Å². The van der Waals surface area contributed by atoms with E-state index in [-0.39, 0.29) is 0 Å². The molecule has 134 valence electrons. The van der Waals surface area contributed by atoms with Gasteiger partial charge in [-0.2, -0.15) is 0 Å². The average molecular weight is 339 g/mol. The molecule has 0 aliphatic carbocycles. The van der Waals surface area contributed by atoms with E-state index in [2.05, 4.69) is 60.4 Å². The molecule has 2 aromatic carbocycles. The lowest BCUT2D eigenvalue weighted by atomic mass is 9.93. The zero-order valence-corrected chi connectivity index (χ0v) is 15.4. The molecule has 1 fully saturated rings. The number of rotatable bonds is 7. The van der Waals surface area contributed by atoms with Crippen molar-refractivity contribution in [2.24, 2.45) is 0 Å². The van der Waals surface area contributed by atoms with Gasteiger partial charge in [-0.3, -0.25) is 4.90 Å². The van der Waals surface area contributed by atoms with Gasteiger partial charge in [-0.15, -0.1) is 0 Å². The van der Waals surface area contributed by atoms with Crippen molar-refractivity contribution in [2.45, 2.75) is 38.3 Å². The van der Waals surface area contributed by atoms with Gasteiger partial charge < -0.3 is 9.47 Å². The third kappa shape index (κ3) is 5.07. The molecule has 0 radical (unpaired) electrons. The van der Waals surface area contributed by atoms with Crippen LogP contribution in [0.3, 0.4) is 0 Å². The highest BCUT2D eigenvalue weighted by atomic mass is 16.5. The molecular formula is C22H29NO2. The number of ether oxygens (including phenoxy) is 2. The molecule has 3 heteroatoms. The first-order chi connectivity index (χ1) is 12.3. The van der Waals surface area contributed by atoms with E-state index in [1.165, 1.54) is 11.1 Å². The third-order valence-corrected chi connectivity index (χ3v) is 5.17. The topological polar surface area (TPSA) is 21.7 Å². The Morgan fingerprint density at radius 3 is 2.80 bits per heavy atom. The largest absolute Gasteiger partial charge is 0.497 e. The second-order valence-corrected chi connectivity index (χ2v) is 6.94. The van der Waals surface area contributed by atoms with Gasteiger partial charge in [0.25, 0.3) is 0 Å². The number of methoxy groups -OCH3 is 1. The lowest BCUT2D eigenvalue weighted by Crippen LogP contribution is -2.44. The van der Waals surface area contributed by atoms with Crippen LogP contribution in [0.1, 0.15) is 36.8 Å². The number of morpholine rings is 1. The molecule has 1 unspecified atom stereocenters. The Morgan fingerprint density at radius 2 is 2.00 bits per heavy atom. The van der Waals surface area contributed by atoms with Gasteiger partial charge >= 0.3 is 0 Å². The van der Waals surface area contributed by atoms with E-state index >= 15 is 0 Å². The summed E-state index contributed by atoms with van der Waals surface area (Å²) in [6, 6.07) is 19.7. The van der Waals surface area contributed by atoms with Crippen molar-refractivity contribution < 1.29 is 9.47 Å². The van der Waals surface area contributed by atoms with Crippen LogP contribution in [0, 0.1) is 0 Å². The Balaban J connectivity index is 1.57. The summed E-state index contributed by atoms with van der Waals surface area (Å²) in [4.78, 5) is 2.58. The SMILES string of the molecule is COc1cccc([C@@H](C)CCC2COCCN2Cc2ccccc2)c1. The highest BCUT2D eigenvalue weighted by Crippen LogP contribution is 2.26. The summed E-state index contributed by atoms with van der Waals surface area (Å²) in [7, 11) is 1.73. The first kappa shape index (κ1) is 18.0. The van der Waals surface area contributed by atoms with E-state index in [0.717, 1.165) is 44.9 Å². The normalized spacial score (nSPS) is 19.5. The summed E-state index contributed by atoms with van der Waals surface area (Å²) in [6.07, 6.45) is 2.32. The monoisotopic (exact) mass is 339 g/mol. The molecule has 2 atom stereocenters. The zero-order valence-electron chi connectivity index (χ0n) is 15.4. The average Bonchev–Trinajstić information content (AvgIpc) is 2.68. The van der Waals surface area contributed by atoms with Crippen LogP contribution in [0.5, 0.6) is 5.75 Å². The van der Waals surface area contributed by atoms with Gasteiger partial charge in [0.2, 0.25) is 0 Å². The molecule has 3 rings (SSSR count). The molecule has 1 aliphatic rings. The van der Waals surface area contributed by atoms with Gasteiger partial charge in [0.1, 0.15) is 5.75 Å². The Bertz CT molecular complexity index is 643. The number of nitrogens with zero attached hydrogens (tertiary/aromatic N) is 1. The first-order valence-corrected chi connectivity index (χ1v) is 9.26. The van der Waals surface area contributed by atoms with Crippen LogP contribution >= 0.6 is 0 Å². The van der Waals surface area contributed by atoms with E-state index in [1.54, 1.807) is 7.11 Å². The molecule has 1 aliphatic heterocycles. The fourth-order valence-corrected chi connectivity index (χ4v) is 3.54. The first-order valence-electron chi connectivity index (χ1n) is 9.26. The second-order valence-electron chi connectivity index (χ2n) is 6.94. The summed E-state index contributed by atoms with van der Waals surface area (Å²) in [5, 5.41) is 0. The maximum Gasteiger partial charge on any atom is 0.119 e. The molecule has 1 saturated heterocycles. The summed E-state index contributed by atoms with van der Waals surface area (Å²) in [5.41, 5.74) is 2.74.